The van der Waals surface area contributed by atoms with E-state index in [0.29, 0.717) is 5.88 Å². The third-order valence-corrected chi connectivity index (χ3v) is 2.40. The normalized spacial score (nSPS) is 10.8. The van der Waals surface area contributed by atoms with Crippen molar-refractivity contribution in [1.82, 2.24) is 0 Å². The average Bonchev–Trinajstić information content (AvgIpc) is 2.43. The van der Waals surface area contributed by atoms with Crippen LogP contribution in [0.3, 0.4) is 0 Å². The SMILES string of the molecule is ClCc1ccc2oc(Br)cc2c1. The van der Waals surface area contributed by atoms with Crippen LogP contribution in [-0.4, -0.2) is 0 Å². The zero-order chi connectivity index (χ0) is 8.55. The van der Waals surface area contributed by atoms with Crippen LogP contribution in [0.15, 0.2) is 33.4 Å². The van der Waals surface area contributed by atoms with Crippen molar-refractivity contribution >= 4 is 38.5 Å². The van der Waals surface area contributed by atoms with E-state index in [9.17, 15) is 0 Å². The van der Waals surface area contributed by atoms with Crippen LogP contribution in [0.4, 0.5) is 0 Å². The highest BCUT2D eigenvalue weighted by Crippen LogP contribution is 2.24. The van der Waals surface area contributed by atoms with Crippen molar-refractivity contribution in [2.24, 2.45) is 0 Å². The molecule has 1 heterocycles. The van der Waals surface area contributed by atoms with Gasteiger partial charge in [0.15, 0.2) is 4.67 Å². The Morgan fingerprint density at radius 1 is 1.33 bits per heavy atom. The first-order chi connectivity index (χ1) is 5.79. The standard InChI is InChI=1S/C9H6BrClO/c10-9-4-7-3-6(5-11)1-2-8(7)12-9/h1-4H,5H2. The minimum atomic E-state index is 0.540. The molecule has 0 unspecified atom stereocenters. The number of hydrogen-bond donors (Lipinski definition) is 0. The Kier molecular flexibility index (Phi) is 2.11. The molecular weight excluding hydrogens is 239 g/mol. The van der Waals surface area contributed by atoms with Gasteiger partial charge in [-0.3, -0.25) is 0 Å². The van der Waals surface area contributed by atoms with Crippen LogP contribution in [0.2, 0.25) is 0 Å². The summed E-state index contributed by atoms with van der Waals surface area (Å²) < 4.78 is 6.09. The first-order valence-electron chi connectivity index (χ1n) is 3.53. The van der Waals surface area contributed by atoms with E-state index >= 15 is 0 Å². The highest BCUT2D eigenvalue weighted by atomic mass is 79.9. The van der Waals surface area contributed by atoms with Crippen molar-refractivity contribution in [1.29, 1.82) is 0 Å². The average molecular weight is 246 g/mol. The molecule has 0 amide bonds. The Bertz CT molecular complexity index is 408. The fourth-order valence-corrected chi connectivity index (χ4v) is 1.73. The summed E-state index contributed by atoms with van der Waals surface area (Å²) in [6.07, 6.45) is 0. The summed E-state index contributed by atoms with van der Waals surface area (Å²) in [6, 6.07) is 7.85. The topological polar surface area (TPSA) is 13.1 Å². The van der Waals surface area contributed by atoms with E-state index in [2.05, 4.69) is 15.9 Å². The van der Waals surface area contributed by atoms with Gasteiger partial charge in [-0.05, 0) is 39.7 Å². The molecule has 1 aromatic carbocycles. The predicted octanol–water partition coefficient (Wildman–Crippen LogP) is 3.93. The second-order valence-corrected chi connectivity index (χ2v) is 3.61. The second kappa shape index (κ2) is 3.11. The molecule has 0 atom stereocenters. The van der Waals surface area contributed by atoms with Crippen LogP contribution >= 0.6 is 27.5 Å². The minimum Gasteiger partial charge on any atom is -0.449 e. The van der Waals surface area contributed by atoms with Gasteiger partial charge in [0.25, 0.3) is 0 Å². The molecule has 0 saturated heterocycles. The Balaban J connectivity index is 2.66. The smallest absolute Gasteiger partial charge is 0.170 e. The highest BCUT2D eigenvalue weighted by Gasteiger charge is 2.00. The number of fused-ring (bicyclic) bond motifs is 1. The van der Waals surface area contributed by atoms with Crippen molar-refractivity contribution in [2.45, 2.75) is 5.88 Å². The predicted molar refractivity (Wildman–Crippen MR) is 53.5 cm³/mol. The van der Waals surface area contributed by atoms with E-state index in [-0.39, 0.29) is 0 Å². The van der Waals surface area contributed by atoms with E-state index in [1.807, 2.05) is 24.3 Å². The third kappa shape index (κ3) is 1.37. The van der Waals surface area contributed by atoms with E-state index in [1.54, 1.807) is 0 Å². The Hall–Kier alpha value is -0.470. The molecule has 0 aliphatic carbocycles. The fourth-order valence-electron chi connectivity index (χ4n) is 1.14. The molecule has 0 saturated carbocycles. The molecule has 0 spiro atoms. The molecule has 0 N–H and O–H groups in total. The summed E-state index contributed by atoms with van der Waals surface area (Å²) in [7, 11) is 0. The summed E-state index contributed by atoms with van der Waals surface area (Å²) in [5, 5.41) is 1.08. The number of benzene rings is 1. The van der Waals surface area contributed by atoms with Crippen molar-refractivity contribution < 1.29 is 4.42 Å². The molecule has 2 aromatic rings. The molecule has 1 aromatic heterocycles. The lowest BCUT2D eigenvalue weighted by Crippen LogP contribution is -1.74. The third-order valence-electron chi connectivity index (χ3n) is 1.70. The Morgan fingerprint density at radius 3 is 2.92 bits per heavy atom. The summed E-state index contributed by atoms with van der Waals surface area (Å²) in [6.45, 7) is 0. The van der Waals surface area contributed by atoms with E-state index < -0.39 is 0 Å². The zero-order valence-electron chi connectivity index (χ0n) is 6.18. The highest BCUT2D eigenvalue weighted by molar-refractivity contribution is 9.10. The molecule has 0 bridgehead atoms. The van der Waals surface area contributed by atoms with Crippen LogP contribution in [0.1, 0.15) is 5.56 Å². The first kappa shape index (κ1) is 8.14. The lowest BCUT2D eigenvalue weighted by Gasteiger charge is -1.92. The fraction of sp³-hybridized carbons (Fsp3) is 0.111. The Morgan fingerprint density at radius 2 is 2.17 bits per heavy atom. The maximum absolute atomic E-state index is 5.69. The van der Waals surface area contributed by atoms with Gasteiger partial charge in [-0.15, -0.1) is 11.6 Å². The summed E-state index contributed by atoms with van der Waals surface area (Å²) >= 11 is 8.96. The van der Waals surface area contributed by atoms with Crippen LogP contribution in [-0.2, 0) is 5.88 Å². The largest absolute Gasteiger partial charge is 0.449 e. The van der Waals surface area contributed by atoms with Crippen LogP contribution in [0.5, 0.6) is 0 Å². The van der Waals surface area contributed by atoms with E-state index in [1.165, 1.54) is 0 Å². The van der Waals surface area contributed by atoms with Crippen LogP contribution < -0.4 is 0 Å². The molecule has 0 aliphatic rings. The number of rotatable bonds is 1. The molecule has 12 heavy (non-hydrogen) atoms. The zero-order valence-corrected chi connectivity index (χ0v) is 8.52. The van der Waals surface area contributed by atoms with Crippen molar-refractivity contribution in [3.05, 3.63) is 34.5 Å². The summed E-state index contributed by atoms with van der Waals surface area (Å²) in [5.41, 5.74) is 1.99. The number of furan rings is 1. The van der Waals surface area contributed by atoms with E-state index in [0.717, 1.165) is 21.2 Å². The maximum atomic E-state index is 5.69. The minimum absolute atomic E-state index is 0.540. The van der Waals surface area contributed by atoms with E-state index in [4.69, 9.17) is 16.0 Å². The number of hydrogen-bond acceptors (Lipinski definition) is 1. The van der Waals surface area contributed by atoms with Crippen molar-refractivity contribution in [2.75, 3.05) is 0 Å². The van der Waals surface area contributed by atoms with Gasteiger partial charge in [-0.2, -0.15) is 0 Å². The molecular formula is C9H6BrClO. The van der Waals surface area contributed by atoms with Gasteiger partial charge in [-0.1, -0.05) is 6.07 Å². The van der Waals surface area contributed by atoms with Crippen molar-refractivity contribution in [3.63, 3.8) is 0 Å². The molecule has 0 radical (unpaired) electrons. The Labute approximate surface area is 83.4 Å². The number of halogens is 2. The van der Waals surface area contributed by atoms with Crippen molar-refractivity contribution in [3.8, 4) is 0 Å². The van der Waals surface area contributed by atoms with Gasteiger partial charge in [0.1, 0.15) is 5.58 Å². The van der Waals surface area contributed by atoms with Crippen LogP contribution in [0, 0.1) is 0 Å². The lowest BCUT2D eigenvalue weighted by molar-refractivity contribution is 0.587. The molecule has 0 fully saturated rings. The van der Waals surface area contributed by atoms with Crippen LogP contribution in [0.25, 0.3) is 11.0 Å². The molecule has 1 nitrogen and oxygen atoms in total. The van der Waals surface area contributed by atoms with Gasteiger partial charge in [0, 0.05) is 11.3 Å². The van der Waals surface area contributed by atoms with Gasteiger partial charge >= 0.3 is 0 Å². The van der Waals surface area contributed by atoms with Gasteiger partial charge in [0.05, 0.1) is 0 Å². The summed E-state index contributed by atoms with van der Waals surface area (Å²) in [5.74, 6) is 0.540. The first-order valence-corrected chi connectivity index (χ1v) is 4.86. The molecule has 2 rings (SSSR count). The van der Waals surface area contributed by atoms with Gasteiger partial charge in [-0.25, -0.2) is 0 Å². The number of alkyl halides is 1. The molecule has 0 aliphatic heterocycles. The van der Waals surface area contributed by atoms with Gasteiger partial charge < -0.3 is 4.42 Å². The molecule has 3 heteroatoms. The quantitative estimate of drug-likeness (QED) is 0.694. The monoisotopic (exact) mass is 244 g/mol. The molecule has 62 valence electrons. The van der Waals surface area contributed by atoms with Gasteiger partial charge in [0.2, 0.25) is 0 Å². The summed E-state index contributed by atoms with van der Waals surface area (Å²) in [4.78, 5) is 0. The second-order valence-electron chi connectivity index (χ2n) is 2.56. The lowest BCUT2D eigenvalue weighted by atomic mass is 10.2. The maximum Gasteiger partial charge on any atom is 0.170 e.